The first-order valence-electron chi connectivity index (χ1n) is 9.59. The third-order valence-electron chi connectivity index (χ3n) is 5.00. The van der Waals surface area contributed by atoms with E-state index in [1.54, 1.807) is 13.2 Å². The number of nitrogens with one attached hydrogen (secondary N) is 1. The Hall–Kier alpha value is -3.47. The fourth-order valence-electron chi connectivity index (χ4n) is 3.41. The highest BCUT2D eigenvalue weighted by atomic mass is 16.6. The van der Waals surface area contributed by atoms with E-state index in [1.165, 1.54) is 0 Å². The molecule has 0 bridgehead atoms. The van der Waals surface area contributed by atoms with Crippen molar-refractivity contribution in [1.29, 1.82) is 0 Å². The summed E-state index contributed by atoms with van der Waals surface area (Å²) in [6, 6.07) is 25.4. The van der Waals surface area contributed by atoms with Crippen LogP contribution in [0.4, 0.5) is 0 Å². The highest BCUT2D eigenvalue weighted by Gasteiger charge is 2.28. The summed E-state index contributed by atoms with van der Waals surface area (Å²) in [6.45, 7) is 0.651. The van der Waals surface area contributed by atoms with Crippen LogP contribution in [0.2, 0.25) is 0 Å². The maximum Gasteiger partial charge on any atom is 0.264 e. The molecule has 3 aromatic rings. The van der Waals surface area contributed by atoms with Gasteiger partial charge in [-0.3, -0.25) is 4.79 Å². The van der Waals surface area contributed by atoms with E-state index in [0.717, 1.165) is 16.9 Å². The van der Waals surface area contributed by atoms with E-state index < -0.39 is 6.10 Å². The van der Waals surface area contributed by atoms with Crippen molar-refractivity contribution in [2.24, 2.45) is 0 Å². The summed E-state index contributed by atoms with van der Waals surface area (Å²) in [6.07, 6.45) is -0.669. The number of fused-ring (bicyclic) bond motifs is 1. The zero-order valence-electron chi connectivity index (χ0n) is 16.2. The second kappa shape index (κ2) is 8.69. The second-order valence-corrected chi connectivity index (χ2v) is 6.85. The lowest BCUT2D eigenvalue weighted by Crippen LogP contribution is -2.45. The molecule has 0 saturated heterocycles. The summed E-state index contributed by atoms with van der Waals surface area (Å²) in [5.74, 6) is 1.89. The molecular weight excluding hydrogens is 366 g/mol. The summed E-state index contributed by atoms with van der Waals surface area (Å²) in [4.78, 5) is 12.7. The van der Waals surface area contributed by atoms with E-state index in [2.05, 4.69) is 17.4 Å². The van der Waals surface area contributed by atoms with Crippen molar-refractivity contribution in [3.8, 4) is 17.2 Å². The minimum absolute atomic E-state index is 0.0165. The van der Waals surface area contributed by atoms with Gasteiger partial charge in [-0.1, -0.05) is 54.6 Å². The van der Waals surface area contributed by atoms with Crippen LogP contribution < -0.4 is 19.5 Å². The molecule has 1 heterocycles. The van der Waals surface area contributed by atoms with Crippen LogP contribution in [0, 0.1) is 0 Å². The van der Waals surface area contributed by atoms with Crippen LogP contribution >= 0.6 is 0 Å². The quantitative estimate of drug-likeness (QED) is 0.697. The molecule has 5 nitrogen and oxygen atoms in total. The molecule has 148 valence electrons. The minimum atomic E-state index is -0.669. The van der Waals surface area contributed by atoms with Gasteiger partial charge in [0.15, 0.2) is 11.5 Å². The van der Waals surface area contributed by atoms with Gasteiger partial charge in [-0.25, -0.2) is 0 Å². The molecule has 4 rings (SSSR count). The number of carbonyl (C=O) groups excluding carboxylic acids is 1. The second-order valence-electron chi connectivity index (χ2n) is 6.85. The SMILES string of the molecule is COc1ccc(C(CNC(=O)C2COc3ccccc3O2)c2ccccc2)cc1. The molecule has 1 amide bonds. The summed E-state index contributed by atoms with van der Waals surface area (Å²) in [5, 5.41) is 3.03. The monoisotopic (exact) mass is 389 g/mol. The first kappa shape index (κ1) is 18.9. The minimum Gasteiger partial charge on any atom is -0.497 e. The highest BCUT2D eigenvalue weighted by Crippen LogP contribution is 2.31. The Kier molecular flexibility index (Phi) is 5.66. The van der Waals surface area contributed by atoms with Gasteiger partial charge in [-0.2, -0.15) is 0 Å². The molecule has 1 N–H and O–H groups in total. The standard InChI is InChI=1S/C24H23NO4/c1-27-19-13-11-18(12-14-19)20(17-7-3-2-4-8-17)15-25-24(26)23-16-28-21-9-5-6-10-22(21)29-23/h2-14,20,23H,15-16H2,1H3,(H,25,26). The first-order chi connectivity index (χ1) is 14.2. The van der Waals surface area contributed by atoms with Gasteiger partial charge in [0.1, 0.15) is 12.4 Å². The Morgan fingerprint density at radius 1 is 0.966 bits per heavy atom. The van der Waals surface area contributed by atoms with Crippen molar-refractivity contribution in [3.63, 3.8) is 0 Å². The van der Waals surface area contributed by atoms with Gasteiger partial charge < -0.3 is 19.5 Å². The third-order valence-corrected chi connectivity index (χ3v) is 5.00. The number of ether oxygens (including phenoxy) is 3. The average Bonchev–Trinajstić information content (AvgIpc) is 2.80. The van der Waals surface area contributed by atoms with Crippen molar-refractivity contribution < 1.29 is 19.0 Å². The van der Waals surface area contributed by atoms with Gasteiger partial charge in [0.2, 0.25) is 6.10 Å². The molecule has 2 atom stereocenters. The third kappa shape index (κ3) is 4.35. The predicted octanol–water partition coefficient (Wildman–Crippen LogP) is 3.78. The summed E-state index contributed by atoms with van der Waals surface area (Å²) >= 11 is 0. The molecule has 1 aliphatic heterocycles. The van der Waals surface area contributed by atoms with Gasteiger partial charge in [0.05, 0.1) is 7.11 Å². The maximum absolute atomic E-state index is 12.7. The maximum atomic E-state index is 12.7. The Morgan fingerprint density at radius 2 is 1.62 bits per heavy atom. The van der Waals surface area contributed by atoms with Crippen LogP contribution in [0.1, 0.15) is 17.0 Å². The molecular formula is C24H23NO4. The van der Waals surface area contributed by atoms with Crippen molar-refractivity contribution in [2.75, 3.05) is 20.3 Å². The van der Waals surface area contributed by atoms with Gasteiger partial charge in [-0.15, -0.1) is 0 Å². The van der Waals surface area contributed by atoms with E-state index in [-0.39, 0.29) is 18.4 Å². The van der Waals surface area contributed by atoms with Crippen molar-refractivity contribution >= 4 is 5.91 Å². The molecule has 2 unspecified atom stereocenters. The number of carbonyl (C=O) groups is 1. The molecule has 3 aromatic carbocycles. The molecule has 0 spiro atoms. The van der Waals surface area contributed by atoms with Gasteiger partial charge in [0, 0.05) is 12.5 Å². The number of rotatable bonds is 6. The summed E-state index contributed by atoms with van der Waals surface area (Å²) in [5.41, 5.74) is 2.23. The fraction of sp³-hybridized carbons (Fsp3) is 0.208. The topological polar surface area (TPSA) is 56.8 Å². The van der Waals surface area contributed by atoms with Crippen LogP contribution in [0.25, 0.3) is 0 Å². The van der Waals surface area contributed by atoms with Crippen LogP contribution in [0.15, 0.2) is 78.9 Å². The Labute approximate surface area is 170 Å². The summed E-state index contributed by atoms with van der Waals surface area (Å²) < 4.78 is 16.7. The van der Waals surface area contributed by atoms with E-state index in [1.807, 2.05) is 60.7 Å². The van der Waals surface area contributed by atoms with Crippen molar-refractivity contribution in [1.82, 2.24) is 5.32 Å². The lowest BCUT2D eigenvalue weighted by Gasteiger charge is -2.26. The van der Waals surface area contributed by atoms with Gasteiger partial charge in [-0.05, 0) is 35.4 Å². The number of amides is 1. The normalized spacial score (nSPS) is 16.0. The van der Waals surface area contributed by atoms with Crippen LogP contribution in [0.3, 0.4) is 0 Å². The Balaban J connectivity index is 1.47. The number of hydrogen-bond acceptors (Lipinski definition) is 4. The highest BCUT2D eigenvalue weighted by molar-refractivity contribution is 5.81. The fourth-order valence-corrected chi connectivity index (χ4v) is 3.41. The molecule has 0 aliphatic carbocycles. The molecule has 0 fully saturated rings. The van der Waals surface area contributed by atoms with Gasteiger partial charge >= 0.3 is 0 Å². The lowest BCUT2D eigenvalue weighted by molar-refractivity contribution is -0.130. The van der Waals surface area contributed by atoms with E-state index in [9.17, 15) is 4.79 Å². The summed E-state index contributed by atoms with van der Waals surface area (Å²) in [7, 11) is 1.65. The Bertz CT molecular complexity index is 956. The first-order valence-corrected chi connectivity index (χ1v) is 9.59. The average molecular weight is 389 g/mol. The molecule has 0 aromatic heterocycles. The molecule has 1 aliphatic rings. The van der Waals surface area contributed by atoms with Gasteiger partial charge in [0.25, 0.3) is 5.91 Å². The number of benzene rings is 3. The van der Waals surface area contributed by atoms with Crippen molar-refractivity contribution in [2.45, 2.75) is 12.0 Å². The smallest absolute Gasteiger partial charge is 0.264 e. The lowest BCUT2D eigenvalue weighted by atomic mass is 9.91. The van der Waals surface area contributed by atoms with Crippen LogP contribution in [-0.2, 0) is 4.79 Å². The van der Waals surface area contributed by atoms with E-state index >= 15 is 0 Å². The Morgan fingerprint density at radius 3 is 2.34 bits per heavy atom. The molecule has 0 radical (unpaired) electrons. The number of hydrogen-bond donors (Lipinski definition) is 1. The molecule has 5 heteroatoms. The van der Waals surface area contributed by atoms with E-state index in [0.29, 0.717) is 18.0 Å². The van der Waals surface area contributed by atoms with Crippen LogP contribution in [-0.4, -0.2) is 32.3 Å². The van der Waals surface area contributed by atoms with Crippen molar-refractivity contribution in [3.05, 3.63) is 90.0 Å². The zero-order valence-corrected chi connectivity index (χ0v) is 16.2. The van der Waals surface area contributed by atoms with Crippen LogP contribution in [0.5, 0.6) is 17.2 Å². The molecule has 0 saturated carbocycles. The zero-order chi connectivity index (χ0) is 20.1. The predicted molar refractivity (Wildman–Crippen MR) is 111 cm³/mol. The van der Waals surface area contributed by atoms with E-state index in [4.69, 9.17) is 14.2 Å². The number of methoxy groups -OCH3 is 1. The molecule has 29 heavy (non-hydrogen) atoms. The largest absolute Gasteiger partial charge is 0.497 e. The number of para-hydroxylation sites is 2.